The number of carbonyl (C=O) groups is 1. The van der Waals surface area contributed by atoms with Crippen molar-refractivity contribution in [2.24, 2.45) is 17.6 Å². The molecule has 1 fully saturated rings. The lowest BCUT2D eigenvalue weighted by Crippen LogP contribution is -2.38. The second-order valence-corrected chi connectivity index (χ2v) is 6.14. The van der Waals surface area contributed by atoms with Crippen LogP contribution in [0.4, 0.5) is 0 Å². The summed E-state index contributed by atoms with van der Waals surface area (Å²) in [7, 11) is 0. The Balaban J connectivity index is 2.24. The van der Waals surface area contributed by atoms with Crippen molar-refractivity contribution in [1.82, 2.24) is 5.32 Å². The van der Waals surface area contributed by atoms with Crippen LogP contribution in [0.5, 0.6) is 0 Å². The Morgan fingerprint density at radius 1 is 1.40 bits per heavy atom. The Hall–Kier alpha value is -1.35. The molecule has 0 aromatic heterocycles. The molecule has 3 nitrogen and oxygen atoms in total. The van der Waals surface area contributed by atoms with Crippen molar-refractivity contribution in [1.29, 1.82) is 0 Å². The monoisotopic (exact) mass is 274 g/mol. The molecule has 110 valence electrons. The quantitative estimate of drug-likeness (QED) is 0.887. The fraction of sp³-hybridized carbons (Fsp3) is 0.588. The zero-order valence-electron chi connectivity index (χ0n) is 12.6. The van der Waals surface area contributed by atoms with Crippen molar-refractivity contribution in [2.75, 3.05) is 6.54 Å². The van der Waals surface area contributed by atoms with Gasteiger partial charge in [0, 0.05) is 0 Å². The Bertz CT molecular complexity index is 458. The van der Waals surface area contributed by atoms with Crippen molar-refractivity contribution in [2.45, 2.75) is 45.6 Å². The maximum atomic E-state index is 11.8. The molecule has 3 heteroatoms. The summed E-state index contributed by atoms with van der Waals surface area (Å²) in [6, 6.07) is 8.45. The zero-order valence-corrected chi connectivity index (χ0v) is 12.6. The molecule has 1 amide bonds. The summed E-state index contributed by atoms with van der Waals surface area (Å²) in [6.45, 7) is 4.49. The van der Waals surface area contributed by atoms with Gasteiger partial charge in [0.15, 0.2) is 0 Å². The molecule has 0 aliphatic heterocycles. The molecule has 20 heavy (non-hydrogen) atoms. The number of carbonyl (C=O) groups excluding carboxylic acids is 1. The van der Waals surface area contributed by atoms with Crippen LogP contribution >= 0.6 is 0 Å². The lowest BCUT2D eigenvalue weighted by Gasteiger charge is -2.34. The predicted octanol–water partition coefficient (Wildman–Crippen LogP) is 2.94. The topological polar surface area (TPSA) is 55.1 Å². The van der Waals surface area contributed by atoms with Gasteiger partial charge in [0.2, 0.25) is 5.91 Å². The van der Waals surface area contributed by atoms with Crippen LogP contribution in [0.2, 0.25) is 0 Å². The highest BCUT2D eigenvalue weighted by Crippen LogP contribution is 2.37. The van der Waals surface area contributed by atoms with E-state index < -0.39 is 0 Å². The third-order valence-corrected chi connectivity index (χ3v) is 4.47. The number of benzene rings is 1. The fourth-order valence-corrected chi connectivity index (χ4v) is 3.40. The van der Waals surface area contributed by atoms with Crippen LogP contribution in [0, 0.1) is 18.8 Å². The molecule has 0 heterocycles. The molecule has 0 radical (unpaired) electrons. The maximum Gasteiger partial charge on any atom is 0.234 e. The third kappa shape index (κ3) is 3.60. The number of hydrogen-bond acceptors (Lipinski definition) is 2. The van der Waals surface area contributed by atoms with Gasteiger partial charge in [-0.05, 0) is 42.7 Å². The van der Waals surface area contributed by atoms with Crippen molar-refractivity contribution in [3.05, 3.63) is 35.4 Å². The highest BCUT2D eigenvalue weighted by molar-refractivity contribution is 5.78. The van der Waals surface area contributed by atoms with E-state index in [1.54, 1.807) is 0 Å². The van der Waals surface area contributed by atoms with Gasteiger partial charge < -0.3 is 11.1 Å². The van der Waals surface area contributed by atoms with Crippen molar-refractivity contribution >= 4 is 5.91 Å². The molecule has 1 saturated carbocycles. The van der Waals surface area contributed by atoms with Gasteiger partial charge in [0.05, 0.1) is 12.6 Å². The maximum absolute atomic E-state index is 11.8. The van der Waals surface area contributed by atoms with E-state index in [0.717, 1.165) is 5.92 Å². The van der Waals surface area contributed by atoms with Crippen molar-refractivity contribution in [3.63, 3.8) is 0 Å². The van der Waals surface area contributed by atoms with Crippen LogP contribution in [-0.4, -0.2) is 12.5 Å². The molecular weight excluding hydrogens is 248 g/mol. The van der Waals surface area contributed by atoms with Gasteiger partial charge in [0.25, 0.3) is 0 Å². The van der Waals surface area contributed by atoms with Crippen LogP contribution in [-0.2, 0) is 4.79 Å². The summed E-state index contributed by atoms with van der Waals surface area (Å²) in [5.41, 5.74) is 7.97. The van der Waals surface area contributed by atoms with Gasteiger partial charge in [-0.3, -0.25) is 4.79 Å². The lowest BCUT2D eigenvalue weighted by atomic mass is 9.76. The minimum atomic E-state index is -0.0588. The molecule has 1 aliphatic carbocycles. The molecule has 0 saturated heterocycles. The summed E-state index contributed by atoms with van der Waals surface area (Å²) >= 11 is 0. The summed E-state index contributed by atoms with van der Waals surface area (Å²) in [5, 5.41) is 3.15. The number of nitrogens with one attached hydrogen (secondary N) is 1. The number of hydrogen-bond donors (Lipinski definition) is 2. The van der Waals surface area contributed by atoms with Gasteiger partial charge in [0.1, 0.15) is 0 Å². The molecule has 3 unspecified atom stereocenters. The molecule has 3 N–H and O–H groups in total. The first-order valence-electron chi connectivity index (χ1n) is 7.66. The van der Waals surface area contributed by atoms with Crippen LogP contribution in [0.15, 0.2) is 24.3 Å². The first-order chi connectivity index (χ1) is 9.61. The average Bonchev–Trinajstić information content (AvgIpc) is 2.45. The Kier molecular flexibility index (Phi) is 5.18. The fourth-order valence-electron chi connectivity index (χ4n) is 3.40. The van der Waals surface area contributed by atoms with E-state index in [4.69, 9.17) is 5.73 Å². The zero-order chi connectivity index (χ0) is 14.5. The van der Waals surface area contributed by atoms with Gasteiger partial charge in [-0.2, -0.15) is 0 Å². The standard InChI is InChI=1S/C17H26N2O/c1-12-6-5-8-14(10-12)17(19-16(20)11-18)15-9-4-3-7-13(15)2/h3-4,7,9,12,14,17H,5-6,8,10-11,18H2,1-2H3,(H,19,20). The molecule has 1 aliphatic rings. The molecule has 0 bridgehead atoms. The van der Waals surface area contributed by atoms with E-state index in [-0.39, 0.29) is 18.5 Å². The van der Waals surface area contributed by atoms with Crippen LogP contribution in [0.3, 0.4) is 0 Å². The van der Waals surface area contributed by atoms with Crippen LogP contribution < -0.4 is 11.1 Å². The number of nitrogens with two attached hydrogens (primary N) is 1. The minimum absolute atomic E-state index is 0.0588. The smallest absolute Gasteiger partial charge is 0.234 e. The lowest BCUT2D eigenvalue weighted by molar-refractivity contribution is -0.121. The third-order valence-electron chi connectivity index (χ3n) is 4.47. The Morgan fingerprint density at radius 3 is 2.80 bits per heavy atom. The summed E-state index contributed by atoms with van der Waals surface area (Å²) in [5.74, 6) is 1.21. The van der Waals surface area contributed by atoms with E-state index >= 15 is 0 Å². The van der Waals surface area contributed by atoms with Gasteiger partial charge in [-0.15, -0.1) is 0 Å². The highest BCUT2D eigenvalue weighted by atomic mass is 16.1. The van der Waals surface area contributed by atoms with Gasteiger partial charge in [-0.25, -0.2) is 0 Å². The van der Waals surface area contributed by atoms with E-state index in [1.807, 2.05) is 6.07 Å². The summed E-state index contributed by atoms with van der Waals surface area (Å²) in [4.78, 5) is 11.8. The molecule has 1 aromatic rings. The molecule has 1 aromatic carbocycles. The molecular formula is C17H26N2O. The van der Waals surface area contributed by atoms with Crippen molar-refractivity contribution in [3.8, 4) is 0 Å². The average molecular weight is 274 g/mol. The molecule has 2 rings (SSSR count). The molecule has 0 spiro atoms. The normalized spacial score (nSPS) is 24.1. The van der Waals surface area contributed by atoms with Gasteiger partial charge in [-0.1, -0.05) is 44.0 Å². The number of amides is 1. The minimum Gasteiger partial charge on any atom is -0.348 e. The van der Waals surface area contributed by atoms with Crippen LogP contribution in [0.1, 0.15) is 49.8 Å². The van der Waals surface area contributed by atoms with Crippen LogP contribution in [0.25, 0.3) is 0 Å². The number of aryl methyl sites for hydroxylation is 1. The first kappa shape index (κ1) is 15.0. The summed E-state index contributed by atoms with van der Waals surface area (Å²) < 4.78 is 0. The highest BCUT2D eigenvalue weighted by Gasteiger charge is 2.29. The first-order valence-corrected chi connectivity index (χ1v) is 7.66. The number of rotatable bonds is 4. The van der Waals surface area contributed by atoms with E-state index in [9.17, 15) is 4.79 Å². The largest absolute Gasteiger partial charge is 0.348 e. The Morgan fingerprint density at radius 2 is 2.15 bits per heavy atom. The predicted molar refractivity (Wildman–Crippen MR) is 82.2 cm³/mol. The second kappa shape index (κ2) is 6.89. The van der Waals surface area contributed by atoms with E-state index in [1.165, 1.54) is 36.8 Å². The van der Waals surface area contributed by atoms with E-state index in [2.05, 4.69) is 37.4 Å². The SMILES string of the molecule is Cc1ccccc1C(NC(=O)CN)C1CCCC(C)C1. The molecule has 3 atom stereocenters. The van der Waals surface area contributed by atoms with Crippen molar-refractivity contribution < 1.29 is 4.79 Å². The summed E-state index contributed by atoms with van der Waals surface area (Å²) in [6.07, 6.45) is 4.94. The van der Waals surface area contributed by atoms with Gasteiger partial charge >= 0.3 is 0 Å². The van der Waals surface area contributed by atoms with E-state index in [0.29, 0.717) is 5.92 Å². The second-order valence-electron chi connectivity index (χ2n) is 6.14. The Labute approximate surface area is 121 Å².